The molecule has 2 aromatic rings. The predicted octanol–water partition coefficient (Wildman–Crippen LogP) is 1.05. The summed E-state index contributed by atoms with van der Waals surface area (Å²) < 4.78 is 1.23. The summed E-state index contributed by atoms with van der Waals surface area (Å²) in [6.07, 6.45) is 4.55. The van der Waals surface area contributed by atoms with E-state index in [1.54, 1.807) is 6.20 Å². The van der Waals surface area contributed by atoms with Crippen LogP contribution in [0.5, 0.6) is 0 Å². The number of anilines is 1. The number of nitrogens with zero attached hydrogens (tertiary/aromatic N) is 3. The second-order valence-corrected chi connectivity index (χ2v) is 5.29. The molecule has 0 aliphatic carbocycles. The van der Waals surface area contributed by atoms with E-state index < -0.39 is 5.97 Å². The zero-order valence-corrected chi connectivity index (χ0v) is 11.5. The molecule has 8 nitrogen and oxygen atoms in total. The highest BCUT2D eigenvalue weighted by Gasteiger charge is 2.06. The lowest BCUT2D eigenvalue weighted by Crippen LogP contribution is -2.27. The first-order valence-electron chi connectivity index (χ1n) is 5.73. The highest BCUT2D eigenvalue weighted by atomic mass is 32.1. The van der Waals surface area contributed by atoms with E-state index in [0.29, 0.717) is 12.2 Å². The van der Waals surface area contributed by atoms with Gasteiger partial charge in [0.2, 0.25) is 0 Å². The Bertz CT molecular complexity index is 621. The van der Waals surface area contributed by atoms with Crippen molar-refractivity contribution >= 4 is 29.0 Å². The standard InChI is InChI=1S/C11H13N5O3S/c1-7-12-3-9(20-7)4-13-11(19)15-8-2-14-16(5-8)6-10(17)18/h2-3,5H,4,6H2,1H3,(H,17,18)(H2,13,15,19). The molecule has 0 fully saturated rings. The zero-order valence-electron chi connectivity index (χ0n) is 10.7. The maximum atomic E-state index is 11.6. The molecule has 0 unspecified atom stereocenters. The van der Waals surface area contributed by atoms with Crippen molar-refractivity contribution in [3.05, 3.63) is 28.5 Å². The van der Waals surface area contributed by atoms with Crippen molar-refractivity contribution in [2.75, 3.05) is 5.32 Å². The van der Waals surface area contributed by atoms with Crippen LogP contribution >= 0.6 is 11.3 Å². The number of carboxylic acids is 1. The molecule has 20 heavy (non-hydrogen) atoms. The quantitative estimate of drug-likeness (QED) is 0.764. The van der Waals surface area contributed by atoms with Crippen LogP contribution in [-0.2, 0) is 17.9 Å². The van der Waals surface area contributed by atoms with E-state index in [1.165, 1.54) is 28.4 Å². The van der Waals surface area contributed by atoms with Gasteiger partial charge >= 0.3 is 12.0 Å². The monoisotopic (exact) mass is 295 g/mol. The van der Waals surface area contributed by atoms with Gasteiger partial charge in [-0.15, -0.1) is 11.3 Å². The fraction of sp³-hybridized carbons (Fsp3) is 0.273. The van der Waals surface area contributed by atoms with Crippen molar-refractivity contribution in [3.63, 3.8) is 0 Å². The molecule has 0 saturated carbocycles. The van der Waals surface area contributed by atoms with Crippen molar-refractivity contribution in [1.29, 1.82) is 0 Å². The Balaban J connectivity index is 1.82. The van der Waals surface area contributed by atoms with Gasteiger partial charge in [-0.1, -0.05) is 0 Å². The van der Waals surface area contributed by atoms with Crippen LogP contribution in [0.3, 0.4) is 0 Å². The van der Waals surface area contributed by atoms with Gasteiger partial charge in [-0.05, 0) is 6.92 Å². The SMILES string of the molecule is Cc1ncc(CNC(=O)Nc2cnn(CC(=O)O)c2)s1. The molecule has 106 valence electrons. The minimum absolute atomic E-state index is 0.247. The van der Waals surface area contributed by atoms with Crippen LogP contribution in [0, 0.1) is 6.92 Å². The van der Waals surface area contributed by atoms with Gasteiger partial charge in [0.1, 0.15) is 6.54 Å². The van der Waals surface area contributed by atoms with Gasteiger partial charge in [0.25, 0.3) is 0 Å². The van der Waals surface area contributed by atoms with Gasteiger partial charge in [-0.2, -0.15) is 5.10 Å². The minimum Gasteiger partial charge on any atom is -0.480 e. The Morgan fingerprint density at radius 3 is 2.90 bits per heavy atom. The van der Waals surface area contributed by atoms with Crippen molar-refractivity contribution in [1.82, 2.24) is 20.1 Å². The van der Waals surface area contributed by atoms with Crippen LogP contribution in [0.25, 0.3) is 0 Å². The molecule has 0 aliphatic rings. The smallest absolute Gasteiger partial charge is 0.325 e. The number of carbonyl (C=O) groups is 2. The third-order valence-electron chi connectivity index (χ3n) is 2.28. The Kier molecular flexibility index (Phi) is 4.31. The fourth-order valence-electron chi connectivity index (χ4n) is 1.48. The summed E-state index contributed by atoms with van der Waals surface area (Å²) in [6.45, 7) is 2.04. The molecule has 0 radical (unpaired) electrons. The van der Waals surface area contributed by atoms with Crippen LogP contribution in [0.2, 0.25) is 0 Å². The number of thiazole rings is 1. The molecule has 2 heterocycles. The Morgan fingerprint density at radius 2 is 2.25 bits per heavy atom. The van der Waals surface area contributed by atoms with Crippen LogP contribution in [0.4, 0.5) is 10.5 Å². The molecular weight excluding hydrogens is 282 g/mol. The van der Waals surface area contributed by atoms with Gasteiger partial charge < -0.3 is 15.7 Å². The summed E-state index contributed by atoms with van der Waals surface area (Å²) in [5, 5.41) is 18.6. The van der Waals surface area contributed by atoms with E-state index in [1.807, 2.05) is 6.92 Å². The second-order valence-electron chi connectivity index (χ2n) is 3.97. The molecule has 2 aromatic heterocycles. The molecule has 9 heteroatoms. The van der Waals surface area contributed by atoms with E-state index in [0.717, 1.165) is 9.88 Å². The van der Waals surface area contributed by atoms with Crippen molar-refractivity contribution in [2.24, 2.45) is 0 Å². The van der Waals surface area contributed by atoms with E-state index in [2.05, 4.69) is 20.7 Å². The van der Waals surface area contributed by atoms with Crippen LogP contribution in [-0.4, -0.2) is 31.9 Å². The third kappa shape index (κ3) is 4.05. The highest BCUT2D eigenvalue weighted by molar-refractivity contribution is 7.11. The third-order valence-corrected chi connectivity index (χ3v) is 3.19. The van der Waals surface area contributed by atoms with E-state index in [9.17, 15) is 9.59 Å². The average Bonchev–Trinajstić information content (AvgIpc) is 2.95. The lowest BCUT2D eigenvalue weighted by molar-refractivity contribution is -0.137. The predicted molar refractivity (Wildman–Crippen MR) is 72.6 cm³/mol. The van der Waals surface area contributed by atoms with Gasteiger partial charge in [0.15, 0.2) is 0 Å². The number of nitrogens with one attached hydrogen (secondary N) is 2. The number of carboxylic acid groups (broad SMARTS) is 1. The minimum atomic E-state index is -0.996. The number of urea groups is 1. The Labute approximate surface area is 118 Å². The Morgan fingerprint density at radius 1 is 1.45 bits per heavy atom. The number of amides is 2. The molecule has 0 saturated heterocycles. The topological polar surface area (TPSA) is 109 Å². The number of aryl methyl sites for hydroxylation is 1. The first-order chi connectivity index (χ1) is 9.52. The van der Waals surface area contributed by atoms with Crippen LogP contribution in [0.15, 0.2) is 18.6 Å². The summed E-state index contributed by atoms with van der Waals surface area (Å²) in [5.74, 6) is -0.996. The molecular formula is C11H13N5O3S. The Hall–Kier alpha value is -2.42. The first-order valence-corrected chi connectivity index (χ1v) is 6.55. The highest BCUT2D eigenvalue weighted by Crippen LogP contribution is 2.11. The number of carbonyl (C=O) groups excluding carboxylic acids is 1. The lowest BCUT2D eigenvalue weighted by atomic mass is 10.5. The molecule has 3 N–H and O–H groups in total. The van der Waals surface area contributed by atoms with Gasteiger partial charge in [0.05, 0.1) is 23.4 Å². The molecule has 0 aliphatic heterocycles. The summed E-state index contributed by atoms with van der Waals surface area (Å²) in [6, 6.07) is -0.383. The second kappa shape index (κ2) is 6.15. The fourth-order valence-corrected chi connectivity index (χ4v) is 2.22. The lowest BCUT2D eigenvalue weighted by Gasteiger charge is -2.03. The van der Waals surface area contributed by atoms with Crippen LogP contribution in [0.1, 0.15) is 9.88 Å². The van der Waals surface area contributed by atoms with Crippen LogP contribution < -0.4 is 10.6 Å². The molecule has 2 amide bonds. The van der Waals surface area contributed by atoms with Crippen molar-refractivity contribution in [2.45, 2.75) is 20.0 Å². The summed E-state index contributed by atoms with van der Waals surface area (Å²) in [4.78, 5) is 27.2. The maximum absolute atomic E-state index is 11.6. The number of hydrogen-bond acceptors (Lipinski definition) is 5. The van der Waals surface area contributed by atoms with Gasteiger partial charge in [-0.3, -0.25) is 9.48 Å². The van der Waals surface area contributed by atoms with Gasteiger partial charge in [-0.25, -0.2) is 9.78 Å². The van der Waals surface area contributed by atoms with E-state index >= 15 is 0 Å². The molecule has 0 atom stereocenters. The first kappa shape index (κ1) is 14.0. The van der Waals surface area contributed by atoms with Crippen molar-refractivity contribution in [3.8, 4) is 0 Å². The largest absolute Gasteiger partial charge is 0.480 e. The normalized spacial score (nSPS) is 10.2. The number of aromatic nitrogens is 3. The van der Waals surface area contributed by atoms with Gasteiger partial charge in [0, 0.05) is 17.3 Å². The number of rotatable bonds is 5. The maximum Gasteiger partial charge on any atom is 0.325 e. The number of hydrogen-bond donors (Lipinski definition) is 3. The average molecular weight is 295 g/mol. The molecule has 0 aromatic carbocycles. The summed E-state index contributed by atoms with van der Waals surface area (Å²) in [5.41, 5.74) is 0.434. The van der Waals surface area contributed by atoms with E-state index in [-0.39, 0.29) is 12.6 Å². The number of aliphatic carboxylic acids is 1. The summed E-state index contributed by atoms with van der Waals surface area (Å²) >= 11 is 1.51. The molecule has 2 rings (SSSR count). The molecule has 0 spiro atoms. The molecule has 0 bridgehead atoms. The zero-order chi connectivity index (χ0) is 14.5. The van der Waals surface area contributed by atoms with Crippen molar-refractivity contribution < 1.29 is 14.7 Å². The summed E-state index contributed by atoms with van der Waals surface area (Å²) in [7, 11) is 0. The van der Waals surface area contributed by atoms with E-state index in [4.69, 9.17) is 5.11 Å².